The predicted octanol–water partition coefficient (Wildman–Crippen LogP) is 5.80. The Morgan fingerprint density at radius 1 is 1.18 bits per heavy atom. The van der Waals surface area contributed by atoms with Gasteiger partial charge in [0.1, 0.15) is 6.61 Å². The minimum Gasteiger partial charge on any atom is -0.375 e. The van der Waals surface area contributed by atoms with Crippen LogP contribution in [0, 0.1) is 0 Å². The van der Waals surface area contributed by atoms with Gasteiger partial charge in [-0.2, -0.15) is 13.2 Å². The van der Waals surface area contributed by atoms with Crippen molar-refractivity contribution in [1.82, 2.24) is 4.90 Å². The fourth-order valence-electron chi connectivity index (χ4n) is 3.90. The quantitative estimate of drug-likeness (QED) is 0.467. The predicted molar refractivity (Wildman–Crippen MR) is 119 cm³/mol. The van der Waals surface area contributed by atoms with Gasteiger partial charge in [0.2, 0.25) is 5.91 Å². The van der Waals surface area contributed by atoms with E-state index in [4.69, 9.17) is 44.4 Å². The highest BCUT2D eigenvalue weighted by molar-refractivity contribution is 6.48. The van der Waals surface area contributed by atoms with Crippen LogP contribution in [0.1, 0.15) is 29.0 Å². The highest BCUT2D eigenvalue weighted by atomic mass is 35.5. The number of amides is 1. The molecule has 2 heterocycles. The van der Waals surface area contributed by atoms with Gasteiger partial charge in [-0.05, 0) is 23.3 Å². The number of hydrogen-bond donors (Lipinski definition) is 0. The Hall–Kier alpha value is -2.00. The number of carbonyl (C=O) groups excluding carboxylic acids is 1. The van der Waals surface area contributed by atoms with Crippen LogP contribution >= 0.6 is 34.8 Å². The van der Waals surface area contributed by atoms with E-state index >= 15 is 0 Å². The number of ether oxygens (including phenoxy) is 1. The topological polar surface area (TPSA) is 51.1 Å². The lowest BCUT2D eigenvalue weighted by molar-refractivity contribution is -0.275. The first kappa shape index (κ1) is 24.1. The summed E-state index contributed by atoms with van der Waals surface area (Å²) in [5.74, 6) is 0.0861. The molecule has 0 aliphatic carbocycles. The minimum atomic E-state index is -4.79. The van der Waals surface area contributed by atoms with E-state index in [1.807, 2.05) is 12.1 Å². The summed E-state index contributed by atoms with van der Waals surface area (Å²) in [4.78, 5) is 18.5. The SMILES string of the molecule is COCC(=O)N1CC(c2ccc(C3=NOC(c4cc(Cl)c(Cl)c(Cl)c4)(C(F)(F)F)C3)cc2)C1. The second-order valence-electron chi connectivity index (χ2n) is 7.94. The highest BCUT2D eigenvalue weighted by Gasteiger charge is 2.62. The van der Waals surface area contributed by atoms with Crippen molar-refractivity contribution in [1.29, 1.82) is 0 Å². The van der Waals surface area contributed by atoms with Crippen LogP contribution < -0.4 is 0 Å². The van der Waals surface area contributed by atoms with Gasteiger partial charge in [0.05, 0.1) is 20.8 Å². The van der Waals surface area contributed by atoms with Crippen molar-refractivity contribution < 1.29 is 27.5 Å². The molecule has 2 aliphatic rings. The molecule has 176 valence electrons. The number of rotatable bonds is 5. The fourth-order valence-corrected chi connectivity index (χ4v) is 4.50. The molecule has 1 atom stereocenters. The Morgan fingerprint density at radius 3 is 2.33 bits per heavy atom. The smallest absolute Gasteiger partial charge is 0.375 e. The molecular formula is C22H18Cl3F3N2O3. The van der Waals surface area contributed by atoms with Gasteiger partial charge in [-0.25, -0.2) is 0 Å². The Labute approximate surface area is 203 Å². The largest absolute Gasteiger partial charge is 0.435 e. The average molecular weight is 522 g/mol. The molecule has 0 bridgehead atoms. The molecule has 2 aliphatic heterocycles. The van der Waals surface area contributed by atoms with Crippen molar-refractivity contribution in [2.45, 2.75) is 24.1 Å². The Balaban J connectivity index is 1.52. The van der Waals surface area contributed by atoms with Crippen molar-refractivity contribution in [3.05, 3.63) is 68.2 Å². The molecule has 1 saturated heterocycles. The van der Waals surface area contributed by atoms with Crippen LogP contribution in [-0.4, -0.2) is 49.5 Å². The molecule has 11 heteroatoms. The third kappa shape index (κ3) is 4.41. The van der Waals surface area contributed by atoms with E-state index in [1.165, 1.54) is 7.11 Å². The lowest BCUT2D eigenvalue weighted by atomic mass is 9.85. The summed E-state index contributed by atoms with van der Waals surface area (Å²) in [6.07, 6.45) is -5.34. The van der Waals surface area contributed by atoms with Crippen molar-refractivity contribution in [3.63, 3.8) is 0 Å². The first-order valence-electron chi connectivity index (χ1n) is 9.89. The van der Waals surface area contributed by atoms with Gasteiger partial charge in [-0.3, -0.25) is 4.79 Å². The molecule has 33 heavy (non-hydrogen) atoms. The monoisotopic (exact) mass is 520 g/mol. The first-order chi connectivity index (χ1) is 15.6. The van der Waals surface area contributed by atoms with Crippen molar-refractivity contribution in [2.75, 3.05) is 26.8 Å². The van der Waals surface area contributed by atoms with Crippen molar-refractivity contribution >= 4 is 46.4 Å². The molecule has 0 N–H and O–H groups in total. The summed E-state index contributed by atoms with van der Waals surface area (Å²) in [5.41, 5.74) is -1.37. The fraction of sp³-hybridized carbons (Fsp3) is 0.364. The number of hydrogen-bond acceptors (Lipinski definition) is 4. The van der Waals surface area contributed by atoms with E-state index in [2.05, 4.69) is 5.16 Å². The van der Waals surface area contributed by atoms with Crippen LogP contribution in [0.5, 0.6) is 0 Å². The van der Waals surface area contributed by atoms with E-state index in [0.29, 0.717) is 18.7 Å². The molecule has 1 unspecified atom stereocenters. The Bertz CT molecular complexity index is 1080. The second-order valence-corrected chi connectivity index (χ2v) is 9.13. The first-order valence-corrected chi connectivity index (χ1v) is 11.0. The molecule has 0 aromatic heterocycles. The van der Waals surface area contributed by atoms with E-state index in [0.717, 1.165) is 17.7 Å². The minimum absolute atomic E-state index is 0.0346. The van der Waals surface area contributed by atoms with Gasteiger partial charge in [0.25, 0.3) is 5.60 Å². The molecule has 1 fully saturated rings. The Morgan fingerprint density at radius 2 is 1.79 bits per heavy atom. The third-order valence-corrected chi connectivity index (χ3v) is 7.05. The van der Waals surface area contributed by atoms with Gasteiger partial charge in [-0.15, -0.1) is 0 Å². The van der Waals surface area contributed by atoms with Crippen LogP contribution in [0.2, 0.25) is 15.1 Å². The molecule has 1 amide bonds. The van der Waals surface area contributed by atoms with Crippen LogP contribution in [0.4, 0.5) is 13.2 Å². The molecule has 0 spiro atoms. The van der Waals surface area contributed by atoms with E-state index in [1.54, 1.807) is 17.0 Å². The van der Waals surface area contributed by atoms with Gasteiger partial charge in [0.15, 0.2) is 0 Å². The van der Waals surface area contributed by atoms with E-state index in [9.17, 15) is 18.0 Å². The number of likely N-dealkylation sites (tertiary alicyclic amines) is 1. The summed E-state index contributed by atoms with van der Waals surface area (Å²) < 4.78 is 47.4. The zero-order chi connectivity index (χ0) is 24.0. The Kier molecular flexibility index (Phi) is 6.57. The van der Waals surface area contributed by atoms with Crippen LogP contribution in [0.25, 0.3) is 0 Å². The maximum atomic E-state index is 14.2. The highest BCUT2D eigenvalue weighted by Crippen LogP contribution is 2.50. The summed E-state index contributed by atoms with van der Waals surface area (Å²) in [6.45, 7) is 1.18. The summed E-state index contributed by atoms with van der Waals surface area (Å²) >= 11 is 17.8. The maximum absolute atomic E-state index is 14.2. The molecule has 2 aromatic rings. The van der Waals surface area contributed by atoms with E-state index < -0.39 is 18.2 Å². The summed E-state index contributed by atoms with van der Waals surface area (Å²) in [7, 11) is 1.47. The van der Waals surface area contributed by atoms with Crippen molar-refractivity contribution in [2.24, 2.45) is 5.16 Å². The lowest BCUT2D eigenvalue weighted by Crippen LogP contribution is -2.49. The van der Waals surface area contributed by atoms with Gasteiger partial charge < -0.3 is 14.5 Å². The second kappa shape index (κ2) is 8.98. The number of nitrogens with zero attached hydrogens (tertiary/aromatic N) is 2. The average Bonchev–Trinajstić information content (AvgIpc) is 3.18. The molecule has 2 aromatic carbocycles. The van der Waals surface area contributed by atoms with Crippen LogP contribution in [0.3, 0.4) is 0 Å². The van der Waals surface area contributed by atoms with Gasteiger partial charge >= 0.3 is 6.18 Å². The van der Waals surface area contributed by atoms with Crippen molar-refractivity contribution in [3.8, 4) is 0 Å². The van der Waals surface area contributed by atoms with Crippen LogP contribution in [0.15, 0.2) is 41.6 Å². The van der Waals surface area contributed by atoms with Gasteiger partial charge in [0, 0.05) is 38.1 Å². The standard InChI is InChI=1S/C22H18Cl3F3N2O3/c1-32-11-19(31)30-9-14(10-30)12-2-4-13(5-3-12)18-8-21(33-29-18,22(26,27)28)15-6-16(23)20(25)17(24)7-15/h2-7,14H,8-11H2,1H3. The molecular weight excluding hydrogens is 504 g/mol. The molecule has 0 saturated carbocycles. The summed E-state index contributed by atoms with van der Waals surface area (Å²) in [5, 5.41) is 3.51. The number of oxime groups is 1. The zero-order valence-electron chi connectivity index (χ0n) is 17.3. The van der Waals surface area contributed by atoms with Crippen LogP contribution in [-0.2, 0) is 20.0 Å². The van der Waals surface area contributed by atoms with Gasteiger partial charge in [-0.1, -0.05) is 64.2 Å². The normalized spacial score (nSPS) is 20.9. The molecule has 4 rings (SSSR count). The molecule has 5 nitrogen and oxygen atoms in total. The molecule has 0 radical (unpaired) electrons. The zero-order valence-corrected chi connectivity index (χ0v) is 19.5. The van der Waals surface area contributed by atoms with E-state index in [-0.39, 0.29) is 44.8 Å². The lowest BCUT2D eigenvalue weighted by Gasteiger charge is -2.39. The number of halogens is 6. The number of benzene rings is 2. The maximum Gasteiger partial charge on any atom is 0.435 e. The number of alkyl halides is 3. The number of methoxy groups -OCH3 is 1. The third-order valence-electron chi connectivity index (χ3n) is 5.85. The number of carbonyl (C=O) groups is 1. The summed E-state index contributed by atoms with van der Waals surface area (Å²) in [6, 6.07) is 9.24.